The summed E-state index contributed by atoms with van der Waals surface area (Å²) in [4.78, 5) is 9.95. The molecule has 1 aromatic carbocycles. The van der Waals surface area contributed by atoms with E-state index in [-0.39, 0.29) is 0 Å². The summed E-state index contributed by atoms with van der Waals surface area (Å²) in [6, 6.07) is 9.29. The van der Waals surface area contributed by atoms with E-state index < -0.39 is 8.25 Å². The zero-order valence-corrected chi connectivity index (χ0v) is 7.11. The van der Waals surface area contributed by atoms with Crippen LogP contribution in [0.2, 0.25) is 0 Å². The van der Waals surface area contributed by atoms with Crippen LogP contribution < -0.4 is 4.89 Å². The molecule has 0 bridgehead atoms. The van der Waals surface area contributed by atoms with E-state index in [0.29, 0.717) is 0 Å². The van der Waals surface area contributed by atoms with Crippen LogP contribution in [-0.2, 0) is 9.09 Å². The first-order chi connectivity index (χ1) is 5.79. The van der Waals surface area contributed by atoms with Crippen molar-refractivity contribution in [3.63, 3.8) is 0 Å². The second-order valence-corrected chi connectivity index (χ2v) is 2.70. The molecule has 0 N–H and O–H groups in total. The van der Waals surface area contributed by atoms with Crippen molar-refractivity contribution in [2.75, 3.05) is 0 Å². The van der Waals surface area contributed by atoms with Crippen molar-refractivity contribution in [3.8, 4) is 0 Å². The van der Waals surface area contributed by atoms with Gasteiger partial charge in [0.05, 0.1) is 0 Å². The molecule has 0 spiro atoms. The molecule has 0 aromatic heterocycles. The lowest BCUT2D eigenvalue weighted by Gasteiger charge is -1.88. The van der Waals surface area contributed by atoms with Crippen molar-refractivity contribution in [2.24, 2.45) is 0 Å². The molecule has 0 saturated heterocycles. The Kier molecular flexibility index (Phi) is 3.45. The van der Waals surface area contributed by atoms with Crippen molar-refractivity contribution in [3.05, 3.63) is 42.2 Å². The molecule has 1 atom stereocenters. The maximum absolute atomic E-state index is 9.95. The molecule has 0 aliphatic carbocycles. The van der Waals surface area contributed by atoms with Gasteiger partial charge in [0.1, 0.15) is 0 Å². The van der Waals surface area contributed by atoms with E-state index in [0.717, 1.165) is 11.8 Å². The summed E-state index contributed by atoms with van der Waals surface area (Å²) in [7, 11) is -2.78. The lowest BCUT2D eigenvalue weighted by atomic mass is 10.2. The molecule has 3 nitrogen and oxygen atoms in total. The summed E-state index contributed by atoms with van der Waals surface area (Å²) in [5.74, 6) is 0. The standard InChI is InChI=1S/C8H7O3P/c9-12(10)11-7-6-8-4-2-1-3-5-8/h1-7H/b7-6+. The van der Waals surface area contributed by atoms with Crippen LogP contribution in [-0.4, -0.2) is 0 Å². The molecule has 1 rings (SSSR count). The highest BCUT2D eigenvalue weighted by molar-refractivity contribution is 7.30. The van der Waals surface area contributed by atoms with E-state index in [1.54, 1.807) is 6.08 Å². The van der Waals surface area contributed by atoms with Gasteiger partial charge in [0.25, 0.3) is 0 Å². The Labute approximate surface area is 71.3 Å². The van der Waals surface area contributed by atoms with Crippen molar-refractivity contribution < 1.29 is 14.0 Å². The second-order valence-electron chi connectivity index (χ2n) is 2.04. The van der Waals surface area contributed by atoms with Gasteiger partial charge >= 0.3 is 8.25 Å². The predicted molar refractivity (Wildman–Crippen MR) is 44.2 cm³/mol. The summed E-state index contributed by atoms with van der Waals surface area (Å²) in [6.45, 7) is 0. The number of rotatable bonds is 3. The average molecular weight is 182 g/mol. The van der Waals surface area contributed by atoms with Gasteiger partial charge < -0.3 is 4.89 Å². The van der Waals surface area contributed by atoms with E-state index in [9.17, 15) is 9.46 Å². The molecule has 0 fully saturated rings. The van der Waals surface area contributed by atoms with Crippen molar-refractivity contribution >= 4 is 14.3 Å². The minimum absolute atomic E-state index is 0.898. The summed E-state index contributed by atoms with van der Waals surface area (Å²) >= 11 is 0. The summed E-state index contributed by atoms with van der Waals surface area (Å²) in [5.41, 5.74) is 0.898. The van der Waals surface area contributed by atoms with E-state index in [4.69, 9.17) is 0 Å². The highest BCUT2D eigenvalue weighted by atomic mass is 31.1. The van der Waals surface area contributed by atoms with Gasteiger partial charge in [-0.1, -0.05) is 30.3 Å². The average Bonchev–Trinajstić information content (AvgIpc) is 2.05. The summed E-state index contributed by atoms with van der Waals surface area (Å²) in [6.07, 6.45) is 2.71. The first-order valence-corrected chi connectivity index (χ1v) is 4.41. The third kappa shape index (κ3) is 3.28. The quantitative estimate of drug-likeness (QED) is 0.527. The third-order valence-electron chi connectivity index (χ3n) is 1.21. The van der Waals surface area contributed by atoms with Crippen LogP contribution in [0.4, 0.5) is 0 Å². The van der Waals surface area contributed by atoms with Crippen molar-refractivity contribution in [1.29, 1.82) is 0 Å². The number of benzene rings is 1. The Morgan fingerprint density at radius 2 is 2.00 bits per heavy atom. The van der Waals surface area contributed by atoms with Gasteiger partial charge in [0.2, 0.25) is 0 Å². The number of hydrogen-bond acceptors (Lipinski definition) is 3. The zero-order chi connectivity index (χ0) is 8.81. The fraction of sp³-hybridized carbons (Fsp3) is 0. The van der Waals surface area contributed by atoms with Gasteiger partial charge in [0, 0.05) is 0 Å². The third-order valence-corrected chi connectivity index (χ3v) is 1.50. The lowest BCUT2D eigenvalue weighted by molar-refractivity contribution is -0.181. The van der Waals surface area contributed by atoms with E-state index in [1.165, 1.54) is 0 Å². The fourth-order valence-corrected chi connectivity index (χ4v) is 0.883. The Balaban J connectivity index is 2.52. The molecular weight excluding hydrogens is 175 g/mol. The molecular formula is C8H7O3P. The van der Waals surface area contributed by atoms with Crippen LogP contribution in [0.1, 0.15) is 5.56 Å². The SMILES string of the molecule is O=[P+]([O-])O/C=C/c1ccccc1. The number of hydrogen-bond donors (Lipinski definition) is 0. The molecule has 0 amide bonds. The largest absolute Gasteiger partial charge is 0.558 e. The highest BCUT2D eigenvalue weighted by Crippen LogP contribution is 2.10. The second kappa shape index (κ2) is 4.65. The minimum Gasteiger partial charge on any atom is -0.558 e. The van der Waals surface area contributed by atoms with Crippen LogP contribution in [0, 0.1) is 0 Å². The highest BCUT2D eigenvalue weighted by Gasteiger charge is 1.93. The molecule has 0 aliphatic rings. The van der Waals surface area contributed by atoms with Crippen molar-refractivity contribution in [2.45, 2.75) is 0 Å². The molecule has 12 heavy (non-hydrogen) atoms. The lowest BCUT2D eigenvalue weighted by Crippen LogP contribution is -1.84. The Hall–Kier alpha value is -1.18. The molecule has 0 aliphatic heterocycles. The van der Waals surface area contributed by atoms with Gasteiger partial charge in [-0.3, -0.25) is 4.52 Å². The molecule has 0 heterocycles. The van der Waals surface area contributed by atoms with Crippen LogP contribution in [0.5, 0.6) is 0 Å². The molecule has 0 saturated carbocycles. The van der Waals surface area contributed by atoms with Crippen LogP contribution in [0.3, 0.4) is 0 Å². The summed E-state index contributed by atoms with van der Waals surface area (Å²) in [5, 5.41) is 0. The van der Waals surface area contributed by atoms with E-state index in [2.05, 4.69) is 4.52 Å². The normalized spacial score (nSPS) is 11.6. The van der Waals surface area contributed by atoms with Gasteiger partial charge in [-0.25, -0.2) is 0 Å². The van der Waals surface area contributed by atoms with Crippen molar-refractivity contribution in [1.82, 2.24) is 0 Å². The van der Waals surface area contributed by atoms with Crippen LogP contribution in [0.25, 0.3) is 6.08 Å². The smallest absolute Gasteiger partial charge is 0.538 e. The maximum Gasteiger partial charge on any atom is 0.538 e. The van der Waals surface area contributed by atoms with Crippen LogP contribution in [0.15, 0.2) is 36.6 Å². The first-order valence-electron chi connectivity index (χ1n) is 3.32. The maximum atomic E-state index is 9.95. The molecule has 0 radical (unpaired) electrons. The Bertz CT molecular complexity index is 282. The van der Waals surface area contributed by atoms with Gasteiger partial charge in [-0.15, -0.1) is 0 Å². The fourth-order valence-electron chi connectivity index (χ4n) is 0.723. The molecule has 4 heteroatoms. The molecule has 1 unspecified atom stereocenters. The van der Waals surface area contributed by atoms with E-state index in [1.807, 2.05) is 30.3 Å². The minimum atomic E-state index is -2.78. The van der Waals surface area contributed by atoms with E-state index >= 15 is 0 Å². The van der Waals surface area contributed by atoms with Gasteiger partial charge in [-0.05, 0) is 16.2 Å². The predicted octanol–water partition coefficient (Wildman–Crippen LogP) is 1.69. The summed E-state index contributed by atoms with van der Waals surface area (Å²) < 4.78 is 14.2. The Morgan fingerprint density at radius 3 is 2.58 bits per heavy atom. The molecule has 62 valence electrons. The topological polar surface area (TPSA) is 49.4 Å². The van der Waals surface area contributed by atoms with Gasteiger partial charge in [0.15, 0.2) is 6.26 Å². The van der Waals surface area contributed by atoms with Gasteiger partial charge in [-0.2, -0.15) is 0 Å². The first kappa shape index (κ1) is 8.91. The van der Waals surface area contributed by atoms with Crippen LogP contribution >= 0.6 is 8.25 Å². The Morgan fingerprint density at radius 1 is 1.33 bits per heavy atom. The monoisotopic (exact) mass is 182 g/mol. The zero-order valence-electron chi connectivity index (χ0n) is 6.21. The molecule has 1 aromatic rings.